The molecule has 0 saturated carbocycles. The SMILES string of the molecule is O=C(C1=CC=CC1=C(NCc1ccccc1)c1ccccc1)c1ccccc1. The third-order valence-corrected chi connectivity index (χ3v) is 4.74. The maximum Gasteiger partial charge on any atom is 0.193 e. The highest BCUT2D eigenvalue weighted by Crippen LogP contribution is 2.29. The molecule has 0 unspecified atom stereocenters. The van der Waals surface area contributed by atoms with Gasteiger partial charge < -0.3 is 5.32 Å². The second-order valence-corrected chi connectivity index (χ2v) is 6.63. The Morgan fingerprint density at radius 3 is 1.93 bits per heavy atom. The molecule has 0 aliphatic heterocycles. The number of Topliss-reactive ketones (excluding diaryl/α,β-unsaturated/α-hetero) is 1. The van der Waals surface area contributed by atoms with Gasteiger partial charge in [0.2, 0.25) is 0 Å². The van der Waals surface area contributed by atoms with Gasteiger partial charge in [-0.25, -0.2) is 0 Å². The molecule has 0 bridgehead atoms. The molecule has 0 radical (unpaired) electrons. The molecular formula is C26H21NO. The average molecular weight is 363 g/mol. The summed E-state index contributed by atoms with van der Waals surface area (Å²) in [5.41, 5.74) is 5.56. The number of rotatable bonds is 6. The summed E-state index contributed by atoms with van der Waals surface area (Å²) in [4.78, 5) is 13.1. The van der Waals surface area contributed by atoms with E-state index in [1.165, 1.54) is 5.56 Å². The van der Waals surface area contributed by atoms with Crippen molar-refractivity contribution in [1.82, 2.24) is 5.32 Å². The van der Waals surface area contributed by atoms with Gasteiger partial charge in [0.25, 0.3) is 0 Å². The van der Waals surface area contributed by atoms with Crippen LogP contribution in [0.5, 0.6) is 0 Å². The van der Waals surface area contributed by atoms with Crippen LogP contribution in [0.4, 0.5) is 0 Å². The van der Waals surface area contributed by atoms with Crippen molar-refractivity contribution in [3.63, 3.8) is 0 Å². The van der Waals surface area contributed by atoms with Gasteiger partial charge in [0, 0.05) is 29.0 Å². The van der Waals surface area contributed by atoms with Crippen LogP contribution in [0.15, 0.2) is 120 Å². The fraction of sp³-hybridized carbons (Fsp3) is 0.0385. The van der Waals surface area contributed by atoms with E-state index in [0.29, 0.717) is 17.7 Å². The molecule has 2 heteroatoms. The summed E-state index contributed by atoms with van der Waals surface area (Å²) in [7, 11) is 0. The molecule has 28 heavy (non-hydrogen) atoms. The van der Waals surface area contributed by atoms with Crippen LogP contribution in [0.3, 0.4) is 0 Å². The fourth-order valence-electron chi connectivity index (χ4n) is 3.33. The minimum Gasteiger partial charge on any atom is -0.380 e. The van der Waals surface area contributed by atoms with Crippen molar-refractivity contribution in [2.75, 3.05) is 0 Å². The third-order valence-electron chi connectivity index (χ3n) is 4.74. The molecule has 1 N–H and O–H groups in total. The molecule has 2 nitrogen and oxygen atoms in total. The number of ketones is 1. The summed E-state index contributed by atoms with van der Waals surface area (Å²) in [6.07, 6.45) is 5.85. The van der Waals surface area contributed by atoms with Gasteiger partial charge in [-0.3, -0.25) is 4.79 Å². The number of carbonyl (C=O) groups excluding carboxylic acids is 1. The molecule has 0 fully saturated rings. The van der Waals surface area contributed by atoms with E-state index in [-0.39, 0.29) is 5.78 Å². The second-order valence-electron chi connectivity index (χ2n) is 6.63. The van der Waals surface area contributed by atoms with Crippen LogP contribution in [0.1, 0.15) is 21.5 Å². The van der Waals surface area contributed by atoms with E-state index in [1.54, 1.807) is 0 Å². The van der Waals surface area contributed by atoms with Gasteiger partial charge in [-0.05, 0) is 11.1 Å². The highest BCUT2D eigenvalue weighted by molar-refractivity contribution is 6.14. The van der Waals surface area contributed by atoms with Crippen LogP contribution in [0, 0.1) is 0 Å². The van der Waals surface area contributed by atoms with Crippen molar-refractivity contribution in [2.45, 2.75) is 6.54 Å². The smallest absolute Gasteiger partial charge is 0.193 e. The van der Waals surface area contributed by atoms with Gasteiger partial charge in [-0.1, -0.05) is 109 Å². The molecule has 1 aliphatic rings. The van der Waals surface area contributed by atoms with Crippen molar-refractivity contribution in [3.8, 4) is 0 Å². The lowest BCUT2D eigenvalue weighted by molar-refractivity contribution is 0.103. The van der Waals surface area contributed by atoms with E-state index < -0.39 is 0 Å². The summed E-state index contributed by atoms with van der Waals surface area (Å²) in [5, 5.41) is 3.57. The molecule has 0 heterocycles. The first kappa shape index (κ1) is 17.7. The van der Waals surface area contributed by atoms with E-state index in [1.807, 2.05) is 85.0 Å². The van der Waals surface area contributed by atoms with E-state index in [9.17, 15) is 4.79 Å². The summed E-state index contributed by atoms with van der Waals surface area (Å²) in [6.45, 7) is 0.690. The van der Waals surface area contributed by atoms with E-state index in [0.717, 1.165) is 16.8 Å². The monoisotopic (exact) mass is 363 g/mol. The Morgan fingerprint density at radius 2 is 1.29 bits per heavy atom. The van der Waals surface area contributed by atoms with Gasteiger partial charge in [0.05, 0.1) is 0 Å². The average Bonchev–Trinajstić information content (AvgIpc) is 3.25. The zero-order chi connectivity index (χ0) is 19.2. The summed E-state index contributed by atoms with van der Waals surface area (Å²) in [6, 6.07) is 29.9. The largest absolute Gasteiger partial charge is 0.380 e. The molecule has 0 aromatic heterocycles. The quantitative estimate of drug-likeness (QED) is 0.580. The van der Waals surface area contributed by atoms with Crippen molar-refractivity contribution >= 4 is 11.5 Å². The molecule has 136 valence electrons. The lowest BCUT2D eigenvalue weighted by Gasteiger charge is -2.16. The Balaban J connectivity index is 1.71. The normalized spacial score (nSPS) is 14.5. The Labute approximate surface area is 165 Å². The minimum absolute atomic E-state index is 0.0375. The number of nitrogens with one attached hydrogen (secondary N) is 1. The zero-order valence-corrected chi connectivity index (χ0v) is 15.5. The van der Waals surface area contributed by atoms with Crippen LogP contribution >= 0.6 is 0 Å². The van der Waals surface area contributed by atoms with Gasteiger partial charge in [-0.15, -0.1) is 0 Å². The van der Waals surface area contributed by atoms with E-state index >= 15 is 0 Å². The lowest BCUT2D eigenvalue weighted by Crippen LogP contribution is -2.16. The van der Waals surface area contributed by atoms with Crippen LogP contribution in [-0.4, -0.2) is 5.78 Å². The number of benzene rings is 3. The molecule has 0 saturated heterocycles. The van der Waals surface area contributed by atoms with Gasteiger partial charge in [0.1, 0.15) is 0 Å². The molecule has 3 aromatic rings. The Kier molecular flexibility index (Phi) is 5.30. The van der Waals surface area contributed by atoms with Crippen molar-refractivity contribution < 1.29 is 4.79 Å². The number of allylic oxidation sites excluding steroid dienone is 5. The maximum absolute atomic E-state index is 13.1. The predicted octanol–water partition coefficient (Wildman–Crippen LogP) is 5.57. The van der Waals surface area contributed by atoms with Gasteiger partial charge >= 0.3 is 0 Å². The van der Waals surface area contributed by atoms with Crippen molar-refractivity contribution in [2.24, 2.45) is 0 Å². The summed E-state index contributed by atoms with van der Waals surface area (Å²) >= 11 is 0. The zero-order valence-electron chi connectivity index (χ0n) is 15.5. The Hall–Kier alpha value is -3.65. The summed E-state index contributed by atoms with van der Waals surface area (Å²) in [5.74, 6) is 0.0375. The first-order valence-corrected chi connectivity index (χ1v) is 9.39. The second kappa shape index (κ2) is 8.36. The predicted molar refractivity (Wildman–Crippen MR) is 115 cm³/mol. The molecule has 0 amide bonds. The van der Waals surface area contributed by atoms with Crippen molar-refractivity contribution in [3.05, 3.63) is 137 Å². The van der Waals surface area contributed by atoms with E-state index in [4.69, 9.17) is 0 Å². The molecular weight excluding hydrogens is 342 g/mol. The van der Waals surface area contributed by atoms with Crippen LogP contribution in [-0.2, 0) is 6.54 Å². The van der Waals surface area contributed by atoms with Gasteiger partial charge in [-0.2, -0.15) is 0 Å². The van der Waals surface area contributed by atoms with Gasteiger partial charge in [0.15, 0.2) is 5.78 Å². The highest BCUT2D eigenvalue weighted by Gasteiger charge is 2.21. The fourth-order valence-corrected chi connectivity index (χ4v) is 3.33. The first-order valence-electron chi connectivity index (χ1n) is 9.39. The molecule has 0 spiro atoms. The standard InChI is InChI=1S/C26H21NO/c28-26(22-15-8-3-9-16-22)24-18-10-17-23(24)25(21-13-6-2-7-14-21)27-19-20-11-4-1-5-12-20/h1-18,27H,19H2. The first-order chi connectivity index (χ1) is 13.8. The lowest BCUT2D eigenvalue weighted by atomic mass is 9.95. The number of hydrogen-bond donors (Lipinski definition) is 1. The summed E-state index contributed by atoms with van der Waals surface area (Å²) < 4.78 is 0. The van der Waals surface area contributed by atoms with Crippen LogP contribution in [0.2, 0.25) is 0 Å². The molecule has 4 rings (SSSR count). The maximum atomic E-state index is 13.1. The molecule has 1 aliphatic carbocycles. The van der Waals surface area contributed by atoms with Crippen LogP contribution in [0.25, 0.3) is 5.70 Å². The van der Waals surface area contributed by atoms with E-state index in [2.05, 4.69) is 29.6 Å². The topological polar surface area (TPSA) is 29.1 Å². The Bertz CT molecular complexity index is 1050. The highest BCUT2D eigenvalue weighted by atomic mass is 16.1. The molecule has 3 aromatic carbocycles. The third kappa shape index (κ3) is 3.86. The Morgan fingerprint density at radius 1 is 0.714 bits per heavy atom. The van der Waals surface area contributed by atoms with Crippen molar-refractivity contribution in [1.29, 1.82) is 0 Å². The number of hydrogen-bond acceptors (Lipinski definition) is 2. The minimum atomic E-state index is 0.0375. The molecule has 0 atom stereocenters. The number of carbonyl (C=O) groups is 1. The van der Waals surface area contributed by atoms with Crippen LogP contribution < -0.4 is 5.32 Å².